The van der Waals surface area contributed by atoms with E-state index in [1.165, 1.54) is 33.1 Å². The molecule has 0 aliphatic heterocycles. The fraction of sp³-hybridized carbons (Fsp3) is 0.0800. The van der Waals surface area contributed by atoms with Crippen molar-refractivity contribution in [2.45, 2.75) is 13.5 Å². The average Bonchev–Trinajstić information content (AvgIpc) is 3.63. The van der Waals surface area contributed by atoms with E-state index in [-0.39, 0.29) is 12.2 Å². The van der Waals surface area contributed by atoms with E-state index >= 15 is 0 Å². The first-order chi connectivity index (χ1) is 17.1. The van der Waals surface area contributed by atoms with Crippen molar-refractivity contribution >= 4 is 44.6 Å². The lowest BCUT2D eigenvalue weighted by molar-refractivity contribution is 0.0470. The van der Waals surface area contributed by atoms with Crippen molar-refractivity contribution in [3.05, 3.63) is 98.9 Å². The number of aromatic nitrogens is 5. The van der Waals surface area contributed by atoms with Gasteiger partial charge in [0.15, 0.2) is 10.6 Å². The SMILES string of the molecule is Cc1nn(-c2ccccc2)c2nc(-c3cccs3)cc(C(=O)OCc3cc(=O)n4ccsc4n3)c12. The number of carbonyl (C=O) groups is 1. The largest absolute Gasteiger partial charge is 0.456 e. The topological polar surface area (TPSA) is 91.4 Å². The molecule has 0 saturated heterocycles. The number of carbonyl (C=O) groups excluding carboxylic acids is 1. The van der Waals surface area contributed by atoms with Crippen molar-refractivity contribution in [2.75, 3.05) is 0 Å². The van der Waals surface area contributed by atoms with Crippen LogP contribution in [0.1, 0.15) is 21.7 Å². The molecule has 0 N–H and O–H groups in total. The second kappa shape index (κ2) is 8.57. The summed E-state index contributed by atoms with van der Waals surface area (Å²) in [5.41, 5.74) is 3.29. The van der Waals surface area contributed by atoms with Gasteiger partial charge in [-0.1, -0.05) is 24.3 Å². The molecule has 35 heavy (non-hydrogen) atoms. The maximum Gasteiger partial charge on any atom is 0.339 e. The molecule has 10 heteroatoms. The van der Waals surface area contributed by atoms with Crippen molar-refractivity contribution in [3.63, 3.8) is 0 Å². The first kappa shape index (κ1) is 21.4. The molecule has 0 aliphatic rings. The van der Waals surface area contributed by atoms with Gasteiger partial charge in [-0.2, -0.15) is 5.10 Å². The number of rotatable bonds is 5. The van der Waals surface area contributed by atoms with Gasteiger partial charge in [0.2, 0.25) is 0 Å². The highest BCUT2D eigenvalue weighted by Crippen LogP contribution is 2.31. The van der Waals surface area contributed by atoms with E-state index in [4.69, 9.17) is 9.72 Å². The summed E-state index contributed by atoms with van der Waals surface area (Å²) in [7, 11) is 0. The molecule has 0 radical (unpaired) electrons. The fourth-order valence-corrected chi connectivity index (χ4v) is 5.35. The molecular formula is C25H17N5O3S2. The second-order valence-electron chi connectivity index (χ2n) is 7.78. The lowest BCUT2D eigenvalue weighted by Crippen LogP contribution is -2.15. The standard InChI is InChI=1S/C25H17N5O3S2/c1-15-22-18(24(32)33-14-16-12-21(31)29-9-11-35-25(29)26-16)13-19(20-8-5-10-34-20)27-23(22)30(28-15)17-6-3-2-4-7-17/h2-13H,14H2,1H3. The minimum Gasteiger partial charge on any atom is -0.456 e. The summed E-state index contributed by atoms with van der Waals surface area (Å²) in [6.45, 7) is 1.73. The van der Waals surface area contributed by atoms with Gasteiger partial charge in [0.1, 0.15) is 6.61 Å². The summed E-state index contributed by atoms with van der Waals surface area (Å²) in [5.74, 6) is -0.529. The number of fused-ring (bicyclic) bond motifs is 2. The Morgan fingerprint density at radius 1 is 1.03 bits per heavy atom. The van der Waals surface area contributed by atoms with E-state index in [1.54, 1.807) is 22.3 Å². The number of aryl methyl sites for hydroxylation is 1. The highest BCUT2D eigenvalue weighted by Gasteiger charge is 2.22. The van der Waals surface area contributed by atoms with Crippen LogP contribution in [0.3, 0.4) is 0 Å². The lowest BCUT2D eigenvalue weighted by atomic mass is 10.1. The molecule has 0 spiro atoms. The van der Waals surface area contributed by atoms with Gasteiger partial charge < -0.3 is 4.74 Å². The Kier molecular flexibility index (Phi) is 5.24. The van der Waals surface area contributed by atoms with Crippen LogP contribution in [-0.2, 0) is 11.3 Å². The van der Waals surface area contributed by atoms with E-state index in [1.807, 2.05) is 54.8 Å². The van der Waals surface area contributed by atoms with E-state index in [9.17, 15) is 9.59 Å². The zero-order valence-electron chi connectivity index (χ0n) is 18.4. The Morgan fingerprint density at radius 2 is 1.89 bits per heavy atom. The zero-order chi connectivity index (χ0) is 23.9. The number of nitrogens with zero attached hydrogens (tertiary/aromatic N) is 5. The third-order valence-electron chi connectivity index (χ3n) is 5.51. The van der Waals surface area contributed by atoms with E-state index in [2.05, 4.69) is 10.1 Å². The number of esters is 1. The van der Waals surface area contributed by atoms with Crippen molar-refractivity contribution in [1.29, 1.82) is 0 Å². The predicted molar refractivity (Wildman–Crippen MR) is 135 cm³/mol. The summed E-state index contributed by atoms with van der Waals surface area (Å²) < 4.78 is 8.84. The minimum absolute atomic E-state index is 0.119. The molecule has 0 atom stereocenters. The Morgan fingerprint density at radius 3 is 2.69 bits per heavy atom. The quantitative estimate of drug-likeness (QED) is 0.314. The highest BCUT2D eigenvalue weighted by atomic mass is 32.1. The molecule has 6 aromatic rings. The van der Waals surface area contributed by atoms with E-state index in [0.29, 0.717) is 38.6 Å². The molecule has 0 aliphatic carbocycles. The normalized spacial score (nSPS) is 11.3. The molecule has 1 aromatic carbocycles. The molecule has 0 bridgehead atoms. The van der Waals surface area contributed by atoms with Gasteiger partial charge in [0.25, 0.3) is 5.56 Å². The number of thiophene rings is 1. The molecule has 5 heterocycles. The fourth-order valence-electron chi connectivity index (χ4n) is 3.93. The second-order valence-corrected chi connectivity index (χ2v) is 9.60. The van der Waals surface area contributed by atoms with Crippen molar-refractivity contribution in [3.8, 4) is 16.3 Å². The van der Waals surface area contributed by atoms with Crippen LogP contribution in [0.2, 0.25) is 0 Å². The third kappa shape index (κ3) is 3.82. The maximum atomic E-state index is 13.4. The highest BCUT2D eigenvalue weighted by molar-refractivity contribution is 7.15. The maximum absolute atomic E-state index is 13.4. The number of ether oxygens (including phenoxy) is 1. The van der Waals surface area contributed by atoms with Gasteiger partial charge in [0.05, 0.1) is 38.6 Å². The van der Waals surface area contributed by atoms with Crippen LogP contribution < -0.4 is 5.56 Å². The van der Waals surface area contributed by atoms with Crippen molar-refractivity contribution < 1.29 is 9.53 Å². The number of benzene rings is 1. The molecule has 0 saturated carbocycles. The van der Waals surface area contributed by atoms with Crippen LogP contribution in [-0.4, -0.2) is 30.1 Å². The lowest BCUT2D eigenvalue weighted by Gasteiger charge is -2.09. The van der Waals surface area contributed by atoms with Crippen molar-refractivity contribution in [2.24, 2.45) is 0 Å². The van der Waals surface area contributed by atoms with Crippen LogP contribution in [0.25, 0.3) is 32.3 Å². The summed E-state index contributed by atoms with van der Waals surface area (Å²) in [6, 6.07) is 16.7. The molecule has 6 rings (SSSR count). The summed E-state index contributed by atoms with van der Waals surface area (Å²) in [5, 5.41) is 9.05. The first-order valence-corrected chi connectivity index (χ1v) is 12.5. The first-order valence-electron chi connectivity index (χ1n) is 10.7. The molecule has 172 valence electrons. The molecular weight excluding hydrogens is 482 g/mol. The zero-order valence-corrected chi connectivity index (χ0v) is 20.0. The Hall–Kier alpha value is -4.15. The van der Waals surface area contributed by atoms with E-state index < -0.39 is 5.97 Å². The van der Waals surface area contributed by atoms with Gasteiger partial charge in [-0.3, -0.25) is 9.20 Å². The van der Waals surface area contributed by atoms with Crippen LogP contribution >= 0.6 is 22.7 Å². The molecule has 8 nitrogen and oxygen atoms in total. The number of hydrogen-bond donors (Lipinski definition) is 0. The number of thiazole rings is 1. The summed E-state index contributed by atoms with van der Waals surface area (Å²) >= 11 is 2.88. The summed E-state index contributed by atoms with van der Waals surface area (Å²) in [4.78, 5) is 36.4. The Bertz CT molecular complexity index is 1750. The monoisotopic (exact) mass is 499 g/mol. The molecule has 0 unspecified atom stereocenters. The van der Waals surface area contributed by atoms with Crippen LogP contribution in [0.5, 0.6) is 0 Å². The number of pyridine rings is 1. The van der Waals surface area contributed by atoms with E-state index in [0.717, 1.165) is 10.6 Å². The molecule has 5 aromatic heterocycles. The molecule has 0 fully saturated rings. The van der Waals surface area contributed by atoms with Crippen LogP contribution in [0.4, 0.5) is 0 Å². The number of hydrogen-bond acceptors (Lipinski definition) is 8. The van der Waals surface area contributed by atoms with Crippen LogP contribution in [0, 0.1) is 6.92 Å². The molecule has 0 amide bonds. The van der Waals surface area contributed by atoms with Gasteiger partial charge in [-0.15, -0.1) is 22.7 Å². The smallest absolute Gasteiger partial charge is 0.339 e. The average molecular weight is 500 g/mol. The van der Waals surface area contributed by atoms with Gasteiger partial charge in [-0.25, -0.2) is 19.4 Å². The predicted octanol–water partition coefficient (Wildman–Crippen LogP) is 4.88. The van der Waals surface area contributed by atoms with Gasteiger partial charge in [0, 0.05) is 17.6 Å². The Balaban J connectivity index is 1.44. The van der Waals surface area contributed by atoms with Gasteiger partial charge in [-0.05, 0) is 36.6 Å². The third-order valence-corrected chi connectivity index (χ3v) is 7.16. The van der Waals surface area contributed by atoms with Gasteiger partial charge >= 0.3 is 5.97 Å². The summed E-state index contributed by atoms with van der Waals surface area (Å²) in [6.07, 6.45) is 1.66. The minimum atomic E-state index is -0.529. The Labute approximate surface area is 206 Å². The van der Waals surface area contributed by atoms with Crippen molar-refractivity contribution in [1.82, 2.24) is 24.1 Å². The number of para-hydroxylation sites is 1. The van der Waals surface area contributed by atoms with Crippen LogP contribution in [0.15, 0.2) is 76.3 Å².